The molecular formula is C65H85F3N10O6. The fourth-order valence-electron chi connectivity index (χ4n) is 15.6. The van der Waals surface area contributed by atoms with Gasteiger partial charge in [-0.1, -0.05) is 57.0 Å². The molecule has 3 aliphatic carbocycles. The Bertz CT molecular complexity index is 3270. The van der Waals surface area contributed by atoms with Gasteiger partial charge in [-0.3, -0.25) is 43.9 Å². The van der Waals surface area contributed by atoms with Crippen molar-refractivity contribution in [3.8, 4) is 22.4 Å². The van der Waals surface area contributed by atoms with Crippen LogP contribution in [-0.2, 0) is 48.0 Å². The largest absolute Gasteiger partial charge is 0.464 e. The second kappa shape index (κ2) is 22.6. The Morgan fingerprint density at radius 2 is 1.68 bits per heavy atom. The molecule has 84 heavy (non-hydrogen) atoms. The number of esters is 1. The lowest BCUT2D eigenvalue weighted by Crippen LogP contribution is -2.62. The van der Waals surface area contributed by atoms with Crippen molar-refractivity contribution in [3.05, 3.63) is 71.5 Å². The number of ether oxygens (including phenoxy) is 2. The van der Waals surface area contributed by atoms with Gasteiger partial charge in [0.15, 0.2) is 0 Å². The van der Waals surface area contributed by atoms with Gasteiger partial charge in [-0.2, -0.15) is 13.2 Å². The maximum absolute atomic E-state index is 15.7. The molecule has 2 aromatic heterocycles. The number of fused-ring (bicyclic) bond motifs is 6. The number of benzene rings is 2. The first-order valence-corrected chi connectivity index (χ1v) is 31.3. The van der Waals surface area contributed by atoms with E-state index >= 15 is 22.8 Å². The second-order valence-corrected chi connectivity index (χ2v) is 27.1. The van der Waals surface area contributed by atoms with Gasteiger partial charge in [0.2, 0.25) is 11.8 Å². The Balaban J connectivity index is 0.867. The van der Waals surface area contributed by atoms with Crippen molar-refractivity contribution in [2.24, 2.45) is 22.7 Å². The van der Waals surface area contributed by atoms with E-state index in [1.165, 1.54) is 37.8 Å². The average molecular weight is 1160 g/mol. The third-order valence-corrected chi connectivity index (χ3v) is 20.5. The lowest BCUT2D eigenvalue weighted by atomic mass is 9.84. The van der Waals surface area contributed by atoms with Gasteiger partial charge in [-0.15, -0.1) is 0 Å². The lowest BCUT2D eigenvalue weighted by Gasteiger charge is -2.37. The van der Waals surface area contributed by atoms with Crippen molar-refractivity contribution in [3.63, 3.8) is 0 Å². The van der Waals surface area contributed by atoms with E-state index in [1.54, 1.807) is 25.3 Å². The van der Waals surface area contributed by atoms with Crippen molar-refractivity contribution in [2.45, 2.75) is 166 Å². The van der Waals surface area contributed by atoms with Crippen molar-refractivity contribution in [1.82, 2.24) is 44.9 Å². The molecule has 2 N–H and O–H groups in total. The van der Waals surface area contributed by atoms with Crippen LogP contribution in [0.2, 0.25) is 0 Å². The molecule has 3 saturated carbocycles. The number of amides is 3. The molecule has 0 radical (unpaired) electrons. The number of methoxy groups -OCH3 is 1. The van der Waals surface area contributed by atoms with E-state index in [0.717, 1.165) is 68.3 Å². The van der Waals surface area contributed by atoms with Crippen LogP contribution in [-0.4, -0.2) is 180 Å². The Labute approximate surface area is 494 Å². The number of nitrogens with one attached hydrogen (secondary N) is 2. The summed E-state index contributed by atoms with van der Waals surface area (Å²) in [6.45, 7) is 7.60. The van der Waals surface area contributed by atoms with Crippen molar-refractivity contribution in [2.75, 3.05) is 84.6 Å². The summed E-state index contributed by atoms with van der Waals surface area (Å²) in [4.78, 5) is 75.1. The maximum atomic E-state index is 15.7. The number of carbonyl (C=O) groups excluding carboxylic acids is 4. The zero-order chi connectivity index (χ0) is 60.2. The standard InChI is InChI=1S/C65H85F3N10O6/c1-40(83-5)54-49(33-47(35-69-54)74-28-26-73(27-29-74)46-18-19-46)57-50-34-63(2,3)39-84-62(82)51-14-9-23-78(71-51)60(80)52(31-41-10-8-13-44(30-41)45-17-20-53(48(50)32-45)77(57)38-65(66,67)68)70-59(79)56(42-11-6-7-12-42)75-24-21-64(36-75)22-25-76(37-64)61(81)58-55(72(58)4)43-15-16-43/h8,10,13,17,20,30,32-33,35,40,42-43,46,51-52,55-56,58,71H,6-7,9,11-12,14-16,18-19,21-29,31,34,36-39H2,1-5H3,(H,70,79)/t40-,51-,52-,55+,56-,58+,64-,72?/m0/s1/i38D2. The number of hydrogen-bond donors (Lipinski definition) is 2. The Kier molecular flexibility index (Phi) is 14.8. The Morgan fingerprint density at radius 3 is 2.42 bits per heavy atom. The number of halogens is 3. The van der Waals surface area contributed by atoms with Crippen LogP contribution in [0.1, 0.15) is 123 Å². The van der Waals surface area contributed by atoms with Crippen LogP contribution in [0.15, 0.2) is 54.7 Å². The molecule has 1 unspecified atom stereocenters. The van der Waals surface area contributed by atoms with Crippen molar-refractivity contribution in [1.29, 1.82) is 0 Å². The summed E-state index contributed by atoms with van der Waals surface area (Å²) < 4.78 is 78.1. The zero-order valence-electron chi connectivity index (χ0n) is 51.5. The highest BCUT2D eigenvalue weighted by Gasteiger charge is 2.59. The smallest absolute Gasteiger partial charge is 0.406 e. The molecule has 8 heterocycles. The monoisotopic (exact) mass is 1160 g/mol. The summed E-state index contributed by atoms with van der Waals surface area (Å²) >= 11 is 0. The van der Waals surface area contributed by atoms with Gasteiger partial charge in [0.25, 0.3) is 5.91 Å². The van der Waals surface area contributed by atoms with Gasteiger partial charge < -0.3 is 29.2 Å². The summed E-state index contributed by atoms with van der Waals surface area (Å²) in [6.07, 6.45) is 7.01. The predicted octanol–water partition coefficient (Wildman–Crippen LogP) is 8.15. The number of anilines is 1. The highest BCUT2D eigenvalue weighted by molar-refractivity contribution is 5.96. The van der Waals surface area contributed by atoms with Crippen LogP contribution in [0.25, 0.3) is 33.3 Å². The molecule has 1 spiro atoms. The first-order chi connectivity index (χ1) is 41.1. The van der Waals surface area contributed by atoms with E-state index < -0.39 is 48.3 Å². The minimum atomic E-state index is -5.36. The van der Waals surface area contributed by atoms with Crippen molar-refractivity contribution < 1.29 is 44.6 Å². The van der Waals surface area contributed by atoms with E-state index in [2.05, 4.69) is 42.3 Å². The van der Waals surface area contributed by atoms with Gasteiger partial charge >= 0.3 is 12.1 Å². The SMILES string of the molecule is [2H]C([2H])(n1c(-c2cc(N3CCN(C4CC4)CC3)cnc2[C@H](C)OC)c2c3cc(ccc31)-c1cccc(c1)C[C@H](NC(=O)[C@H](C1CCCC1)N1CC[C@]3(CCN(C(=O)[C@H]4[C@@H](C5CC5)N4C)C3)C1)C(=O)N1CCC[C@H](N1)C(=O)OCC(C)(C)C2)C(F)(F)F. The Hall–Kier alpha value is -5.60. The summed E-state index contributed by atoms with van der Waals surface area (Å²) in [7, 11) is 3.58. The molecule has 452 valence electrons. The second-order valence-electron chi connectivity index (χ2n) is 27.1. The Morgan fingerprint density at radius 1 is 0.917 bits per heavy atom. The van der Waals surface area contributed by atoms with Crippen molar-refractivity contribution >= 4 is 40.3 Å². The molecule has 4 aromatic rings. The van der Waals surface area contributed by atoms with Gasteiger partial charge in [0, 0.05) is 105 Å². The number of rotatable bonds is 12. The molecule has 5 saturated heterocycles. The quantitative estimate of drug-likeness (QED) is 0.104. The van der Waals surface area contributed by atoms with E-state index in [9.17, 15) is 9.59 Å². The zero-order valence-corrected chi connectivity index (χ0v) is 49.5. The summed E-state index contributed by atoms with van der Waals surface area (Å²) in [5.41, 5.74) is 6.04. The minimum Gasteiger partial charge on any atom is -0.464 e. The molecule has 6 bridgehead atoms. The summed E-state index contributed by atoms with van der Waals surface area (Å²) in [5.74, 6) is -0.235. The number of nitrogens with zero attached hydrogens (tertiary/aromatic N) is 8. The first-order valence-electron chi connectivity index (χ1n) is 32.3. The first kappa shape index (κ1) is 55.0. The highest BCUT2D eigenvalue weighted by Crippen LogP contribution is 2.49. The van der Waals surface area contributed by atoms with Gasteiger partial charge in [0.05, 0.1) is 44.8 Å². The molecule has 16 nitrogen and oxygen atoms in total. The van der Waals surface area contributed by atoms with Gasteiger partial charge in [0.1, 0.15) is 24.6 Å². The molecule has 8 fully saturated rings. The molecule has 13 rings (SSSR count). The molecule has 19 heteroatoms. The average Bonchev–Trinajstić information content (AvgIpc) is 1.59. The van der Waals surface area contributed by atoms with Crippen LogP contribution in [0.3, 0.4) is 0 Å². The molecule has 3 amide bonds. The number of cyclic esters (lactones) is 1. The lowest BCUT2D eigenvalue weighted by molar-refractivity contribution is -0.155. The summed E-state index contributed by atoms with van der Waals surface area (Å²) in [5, 5.41) is 5.15. The van der Waals surface area contributed by atoms with E-state index in [-0.39, 0.29) is 65.8 Å². The number of carbonyl (C=O) groups is 4. The molecule has 9 aliphatic rings. The third-order valence-electron chi connectivity index (χ3n) is 20.5. The topological polar surface area (TPSA) is 148 Å². The normalized spacial score (nSPS) is 29.4. The van der Waals surface area contributed by atoms with Gasteiger partial charge in [-0.25, -0.2) is 5.43 Å². The predicted molar refractivity (Wildman–Crippen MR) is 314 cm³/mol. The molecular weight excluding hydrogens is 1070 g/mol. The highest BCUT2D eigenvalue weighted by atomic mass is 19.4. The van der Waals surface area contributed by atoms with E-state index in [0.29, 0.717) is 109 Å². The molecule has 2 aromatic carbocycles. The number of hydrazine groups is 1. The van der Waals surface area contributed by atoms with Crippen LogP contribution in [0.5, 0.6) is 0 Å². The fourth-order valence-corrected chi connectivity index (χ4v) is 15.6. The minimum absolute atomic E-state index is 0.0114. The van der Waals surface area contributed by atoms with Crippen LogP contribution >= 0.6 is 0 Å². The summed E-state index contributed by atoms with van der Waals surface area (Å²) in [6, 6.07) is 13.0. The number of hydrogen-bond acceptors (Lipinski definition) is 12. The number of alkyl halides is 3. The number of aromatic nitrogens is 2. The maximum Gasteiger partial charge on any atom is 0.406 e. The third kappa shape index (κ3) is 11.6. The molecule has 6 aliphatic heterocycles. The number of likely N-dealkylation sites (tertiary alicyclic amines) is 2. The number of pyridine rings is 1. The fraction of sp³-hybridized carbons (Fsp3) is 0.646. The number of piperazine rings is 1. The number of likely N-dealkylation sites (N-methyl/N-ethyl adjacent to an activating group) is 1. The van der Waals surface area contributed by atoms with Gasteiger partial charge in [-0.05, 0) is 143 Å². The van der Waals surface area contributed by atoms with Crippen LogP contribution in [0.4, 0.5) is 18.9 Å². The van der Waals surface area contributed by atoms with E-state index in [1.807, 2.05) is 50.2 Å². The molecule has 8 atom stereocenters. The van der Waals surface area contributed by atoms with E-state index in [4.69, 9.17) is 17.2 Å². The van der Waals surface area contributed by atoms with Crippen LogP contribution < -0.4 is 15.6 Å². The van der Waals surface area contributed by atoms with Crippen LogP contribution in [0, 0.1) is 22.7 Å².